The summed E-state index contributed by atoms with van der Waals surface area (Å²) in [6.45, 7) is 3.62. The summed E-state index contributed by atoms with van der Waals surface area (Å²) in [5.41, 5.74) is 7.23. The molecule has 0 amide bonds. The van der Waals surface area contributed by atoms with Crippen molar-refractivity contribution >= 4 is 0 Å². The largest absolute Gasteiger partial charge is 0.324 e. The maximum Gasteiger partial charge on any atom is 0.0297 e. The number of nitrogens with two attached hydrogens (primary N) is 1. The van der Waals surface area contributed by atoms with Crippen molar-refractivity contribution in [1.29, 1.82) is 0 Å². The molecule has 1 rings (SSSR count). The Morgan fingerprint density at radius 3 is 2.64 bits per heavy atom. The molecule has 1 aromatic carbocycles. The van der Waals surface area contributed by atoms with Gasteiger partial charge >= 0.3 is 0 Å². The summed E-state index contributed by atoms with van der Waals surface area (Å²) in [4.78, 5) is 0. The smallest absolute Gasteiger partial charge is 0.0297 e. The fourth-order valence-electron chi connectivity index (χ4n) is 1.34. The van der Waals surface area contributed by atoms with E-state index in [2.05, 4.69) is 24.8 Å². The molecule has 0 aliphatic heterocycles. The second-order valence-electron chi connectivity index (χ2n) is 3.26. The summed E-state index contributed by atoms with van der Waals surface area (Å²) in [5.74, 6) is 0. The van der Waals surface area contributed by atoms with E-state index in [1.807, 2.05) is 24.3 Å². The molecule has 0 spiro atoms. The third-order valence-corrected chi connectivity index (χ3v) is 2.14. The predicted octanol–water partition coefficient (Wildman–Crippen LogP) is 3.21. The van der Waals surface area contributed by atoms with Gasteiger partial charge in [0.15, 0.2) is 0 Å². The summed E-state index contributed by atoms with van der Waals surface area (Å²) < 4.78 is 0. The van der Waals surface area contributed by atoms with Gasteiger partial charge in [0.25, 0.3) is 0 Å². The standard InChI is InChI=1S/C13H17N/c1-2-3-4-8-11-13(14)12-9-6-5-7-10-12/h2-7,9-10,13H,1,8,11,14H2/b4-3-. The zero-order chi connectivity index (χ0) is 10.2. The number of hydrogen-bond donors (Lipinski definition) is 1. The number of hydrogen-bond acceptors (Lipinski definition) is 1. The van der Waals surface area contributed by atoms with E-state index in [1.54, 1.807) is 6.08 Å². The van der Waals surface area contributed by atoms with E-state index in [-0.39, 0.29) is 6.04 Å². The van der Waals surface area contributed by atoms with Crippen molar-refractivity contribution in [2.24, 2.45) is 5.73 Å². The first kappa shape index (κ1) is 10.7. The van der Waals surface area contributed by atoms with E-state index < -0.39 is 0 Å². The van der Waals surface area contributed by atoms with Crippen molar-refractivity contribution in [3.8, 4) is 0 Å². The second-order valence-corrected chi connectivity index (χ2v) is 3.26. The van der Waals surface area contributed by atoms with Gasteiger partial charge in [0.1, 0.15) is 0 Å². The summed E-state index contributed by atoms with van der Waals surface area (Å²) in [6.07, 6.45) is 7.82. The third-order valence-electron chi connectivity index (χ3n) is 2.14. The highest BCUT2D eigenvalue weighted by Crippen LogP contribution is 2.14. The van der Waals surface area contributed by atoms with Gasteiger partial charge in [-0.05, 0) is 18.4 Å². The molecule has 0 fully saturated rings. The van der Waals surface area contributed by atoms with E-state index in [1.165, 1.54) is 5.56 Å². The van der Waals surface area contributed by atoms with Gasteiger partial charge in [-0.2, -0.15) is 0 Å². The summed E-state index contributed by atoms with van der Waals surface area (Å²) >= 11 is 0. The molecule has 1 aromatic rings. The Kier molecular flexibility index (Phi) is 4.73. The molecule has 2 N–H and O–H groups in total. The van der Waals surface area contributed by atoms with Crippen LogP contribution in [0.25, 0.3) is 0 Å². The molecule has 74 valence electrons. The van der Waals surface area contributed by atoms with E-state index in [9.17, 15) is 0 Å². The number of rotatable bonds is 5. The van der Waals surface area contributed by atoms with Crippen LogP contribution < -0.4 is 5.73 Å². The lowest BCUT2D eigenvalue weighted by Crippen LogP contribution is -2.09. The van der Waals surface area contributed by atoms with E-state index in [4.69, 9.17) is 5.73 Å². The van der Waals surface area contributed by atoms with Crippen LogP contribution in [0.4, 0.5) is 0 Å². The Morgan fingerprint density at radius 1 is 1.29 bits per heavy atom. The quantitative estimate of drug-likeness (QED) is 0.704. The van der Waals surface area contributed by atoms with Crippen molar-refractivity contribution in [3.05, 3.63) is 60.7 Å². The highest BCUT2D eigenvalue weighted by molar-refractivity contribution is 5.18. The van der Waals surface area contributed by atoms with Crippen molar-refractivity contribution < 1.29 is 0 Å². The predicted molar refractivity (Wildman–Crippen MR) is 61.9 cm³/mol. The van der Waals surface area contributed by atoms with Crippen LogP contribution in [0, 0.1) is 0 Å². The molecule has 1 unspecified atom stereocenters. The molecule has 0 aromatic heterocycles. The van der Waals surface area contributed by atoms with Gasteiger partial charge in [0, 0.05) is 6.04 Å². The Balaban J connectivity index is 2.39. The van der Waals surface area contributed by atoms with Crippen molar-refractivity contribution in [2.75, 3.05) is 0 Å². The SMILES string of the molecule is C=C/C=C\CCC(N)c1ccccc1. The highest BCUT2D eigenvalue weighted by Gasteiger charge is 2.02. The zero-order valence-corrected chi connectivity index (χ0v) is 8.39. The molecule has 1 heteroatoms. The lowest BCUT2D eigenvalue weighted by Gasteiger charge is -2.09. The first-order valence-corrected chi connectivity index (χ1v) is 4.92. The number of allylic oxidation sites excluding steroid dienone is 3. The minimum Gasteiger partial charge on any atom is -0.324 e. The van der Waals surface area contributed by atoms with E-state index >= 15 is 0 Å². The topological polar surface area (TPSA) is 26.0 Å². The van der Waals surface area contributed by atoms with Crippen LogP contribution in [-0.2, 0) is 0 Å². The summed E-state index contributed by atoms with van der Waals surface area (Å²) in [5, 5.41) is 0. The molecule has 0 heterocycles. The highest BCUT2D eigenvalue weighted by atomic mass is 14.6. The van der Waals surface area contributed by atoms with Gasteiger partial charge in [-0.1, -0.05) is 55.1 Å². The Labute approximate surface area is 85.9 Å². The van der Waals surface area contributed by atoms with Crippen LogP contribution in [0.15, 0.2) is 55.1 Å². The Bertz CT molecular complexity index is 287. The lowest BCUT2D eigenvalue weighted by atomic mass is 10.0. The first-order chi connectivity index (χ1) is 6.84. The lowest BCUT2D eigenvalue weighted by molar-refractivity contribution is 0.661. The summed E-state index contributed by atoms with van der Waals surface area (Å²) in [6, 6.07) is 10.3. The van der Waals surface area contributed by atoms with Gasteiger partial charge in [0.2, 0.25) is 0 Å². The fourth-order valence-corrected chi connectivity index (χ4v) is 1.34. The van der Waals surface area contributed by atoms with Gasteiger partial charge in [-0.15, -0.1) is 0 Å². The van der Waals surface area contributed by atoms with Gasteiger partial charge < -0.3 is 5.73 Å². The van der Waals surface area contributed by atoms with Crippen LogP contribution in [0.1, 0.15) is 24.4 Å². The molecule has 0 saturated heterocycles. The van der Waals surface area contributed by atoms with Gasteiger partial charge in [-0.3, -0.25) is 0 Å². The van der Waals surface area contributed by atoms with E-state index in [0.717, 1.165) is 12.8 Å². The van der Waals surface area contributed by atoms with Crippen molar-refractivity contribution in [1.82, 2.24) is 0 Å². The maximum atomic E-state index is 6.02. The van der Waals surface area contributed by atoms with Crippen molar-refractivity contribution in [3.63, 3.8) is 0 Å². The molecule has 0 aliphatic carbocycles. The summed E-state index contributed by atoms with van der Waals surface area (Å²) in [7, 11) is 0. The monoisotopic (exact) mass is 187 g/mol. The Morgan fingerprint density at radius 2 is 2.00 bits per heavy atom. The van der Waals surface area contributed by atoms with Crippen LogP contribution in [0.2, 0.25) is 0 Å². The van der Waals surface area contributed by atoms with Crippen LogP contribution in [0.5, 0.6) is 0 Å². The maximum absolute atomic E-state index is 6.02. The average molecular weight is 187 g/mol. The van der Waals surface area contributed by atoms with Gasteiger partial charge in [0.05, 0.1) is 0 Å². The Hall–Kier alpha value is -1.34. The van der Waals surface area contributed by atoms with E-state index in [0.29, 0.717) is 0 Å². The molecular weight excluding hydrogens is 170 g/mol. The second kappa shape index (κ2) is 6.17. The minimum absolute atomic E-state index is 0.144. The average Bonchev–Trinajstić information content (AvgIpc) is 2.25. The third kappa shape index (κ3) is 3.58. The minimum atomic E-state index is 0.144. The number of benzene rings is 1. The fraction of sp³-hybridized carbons (Fsp3) is 0.231. The van der Waals surface area contributed by atoms with Crippen LogP contribution in [-0.4, -0.2) is 0 Å². The molecule has 1 nitrogen and oxygen atoms in total. The molecule has 0 aliphatic rings. The van der Waals surface area contributed by atoms with Crippen LogP contribution >= 0.6 is 0 Å². The first-order valence-electron chi connectivity index (χ1n) is 4.92. The molecular formula is C13H17N. The molecule has 0 saturated carbocycles. The molecule has 14 heavy (non-hydrogen) atoms. The van der Waals surface area contributed by atoms with Crippen LogP contribution in [0.3, 0.4) is 0 Å². The van der Waals surface area contributed by atoms with Gasteiger partial charge in [-0.25, -0.2) is 0 Å². The molecule has 0 bridgehead atoms. The molecule has 0 radical (unpaired) electrons. The zero-order valence-electron chi connectivity index (χ0n) is 8.39. The van der Waals surface area contributed by atoms with Crippen molar-refractivity contribution in [2.45, 2.75) is 18.9 Å². The normalized spacial score (nSPS) is 12.9. The molecule has 1 atom stereocenters.